The van der Waals surface area contributed by atoms with E-state index in [0.717, 1.165) is 11.4 Å². The Morgan fingerprint density at radius 2 is 2.42 bits per heavy atom. The Hall–Kier alpha value is -1.27. The monoisotopic (exact) mass is 163 g/mol. The van der Waals surface area contributed by atoms with E-state index in [-0.39, 0.29) is 6.04 Å². The molecule has 0 fully saturated rings. The average molecular weight is 163 g/mol. The fourth-order valence-corrected chi connectivity index (χ4v) is 1.22. The molecular formula is C9H13N3. The quantitative estimate of drug-likeness (QED) is 0.648. The third-order valence-corrected chi connectivity index (χ3v) is 1.79. The first-order chi connectivity index (χ1) is 5.69. The van der Waals surface area contributed by atoms with Crippen LogP contribution in [-0.2, 0) is 7.05 Å². The lowest BCUT2D eigenvalue weighted by Crippen LogP contribution is -2.17. The molecule has 3 heteroatoms. The summed E-state index contributed by atoms with van der Waals surface area (Å²) in [4.78, 5) is 0. The third kappa shape index (κ3) is 1.49. The molecule has 12 heavy (non-hydrogen) atoms. The lowest BCUT2D eigenvalue weighted by Gasteiger charge is -2.08. The highest BCUT2D eigenvalue weighted by atomic mass is 15.3. The van der Waals surface area contributed by atoms with Gasteiger partial charge in [0.1, 0.15) is 6.04 Å². The van der Waals surface area contributed by atoms with Crippen LogP contribution in [0.15, 0.2) is 6.07 Å². The van der Waals surface area contributed by atoms with Crippen molar-refractivity contribution in [2.75, 3.05) is 7.05 Å². The van der Waals surface area contributed by atoms with E-state index < -0.39 is 0 Å². The van der Waals surface area contributed by atoms with Gasteiger partial charge in [-0.25, -0.2) is 0 Å². The molecule has 0 saturated carbocycles. The van der Waals surface area contributed by atoms with Gasteiger partial charge < -0.3 is 5.32 Å². The van der Waals surface area contributed by atoms with Crippen molar-refractivity contribution < 1.29 is 0 Å². The smallest absolute Gasteiger partial charge is 0.111 e. The van der Waals surface area contributed by atoms with E-state index in [1.165, 1.54) is 0 Å². The highest BCUT2D eigenvalue weighted by molar-refractivity contribution is 5.20. The Kier molecular flexibility index (Phi) is 2.51. The van der Waals surface area contributed by atoms with Gasteiger partial charge >= 0.3 is 0 Å². The second-order valence-corrected chi connectivity index (χ2v) is 2.72. The molecule has 0 spiro atoms. The zero-order valence-electron chi connectivity index (χ0n) is 7.63. The van der Waals surface area contributed by atoms with Gasteiger partial charge in [0.15, 0.2) is 0 Å². The van der Waals surface area contributed by atoms with Crippen molar-refractivity contribution in [2.45, 2.75) is 13.0 Å². The molecule has 1 aromatic rings. The van der Waals surface area contributed by atoms with Crippen molar-refractivity contribution in [1.29, 1.82) is 0 Å². The van der Waals surface area contributed by atoms with E-state index >= 15 is 0 Å². The van der Waals surface area contributed by atoms with Gasteiger partial charge in [-0.2, -0.15) is 5.10 Å². The van der Waals surface area contributed by atoms with E-state index in [1.807, 2.05) is 27.1 Å². The molecule has 0 radical (unpaired) electrons. The zero-order valence-corrected chi connectivity index (χ0v) is 7.63. The summed E-state index contributed by atoms with van der Waals surface area (Å²) in [5.41, 5.74) is 2.01. The molecule has 0 aliphatic carbocycles. The van der Waals surface area contributed by atoms with Crippen molar-refractivity contribution in [3.05, 3.63) is 17.5 Å². The highest BCUT2D eigenvalue weighted by Crippen LogP contribution is 2.11. The van der Waals surface area contributed by atoms with Gasteiger partial charge in [-0.3, -0.25) is 4.68 Å². The second-order valence-electron chi connectivity index (χ2n) is 2.72. The minimum Gasteiger partial charge on any atom is -0.302 e. The van der Waals surface area contributed by atoms with Gasteiger partial charge in [0, 0.05) is 7.05 Å². The summed E-state index contributed by atoms with van der Waals surface area (Å²) in [6, 6.07) is 1.94. The largest absolute Gasteiger partial charge is 0.302 e. The lowest BCUT2D eigenvalue weighted by atomic mass is 10.2. The van der Waals surface area contributed by atoms with E-state index in [4.69, 9.17) is 6.42 Å². The van der Waals surface area contributed by atoms with Crippen LogP contribution in [0.4, 0.5) is 0 Å². The number of aryl methyl sites for hydroxylation is 2. The normalized spacial score (nSPS) is 12.5. The minimum absolute atomic E-state index is 0.0452. The van der Waals surface area contributed by atoms with E-state index in [2.05, 4.69) is 16.3 Å². The van der Waals surface area contributed by atoms with Crippen LogP contribution in [0.2, 0.25) is 0 Å². The highest BCUT2D eigenvalue weighted by Gasteiger charge is 2.10. The Morgan fingerprint density at radius 3 is 2.75 bits per heavy atom. The topological polar surface area (TPSA) is 29.9 Å². The van der Waals surface area contributed by atoms with Gasteiger partial charge in [-0.05, 0) is 20.0 Å². The molecule has 0 aromatic carbocycles. The third-order valence-electron chi connectivity index (χ3n) is 1.79. The van der Waals surface area contributed by atoms with Crippen molar-refractivity contribution in [3.8, 4) is 12.3 Å². The fourth-order valence-electron chi connectivity index (χ4n) is 1.22. The molecule has 0 aliphatic heterocycles. The van der Waals surface area contributed by atoms with Gasteiger partial charge in [-0.15, -0.1) is 6.42 Å². The van der Waals surface area contributed by atoms with Crippen LogP contribution in [0.5, 0.6) is 0 Å². The summed E-state index contributed by atoms with van der Waals surface area (Å²) in [5.74, 6) is 2.65. The van der Waals surface area contributed by atoms with Crippen LogP contribution >= 0.6 is 0 Å². The first kappa shape index (κ1) is 8.82. The Balaban J connectivity index is 3.02. The van der Waals surface area contributed by atoms with Gasteiger partial charge in [-0.1, -0.05) is 5.92 Å². The van der Waals surface area contributed by atoms with Crippen LogP contribution in [0.3, 0.4) is 0 Å². The Morgan fingerprint density at radius 1 is 1.75 bits per heavy atom. The maximum Gasteiger partial charge on any atom is 0.111 e. The average Bonchev–Trinajstić information content (AvgIpc) is 2.34. The molecule has 3 nitrogen and oxygen atoms in total. The van der Waals surface area contributed by atoms with Crippen LogP contribution in [0.25, 0.3) is 0 Å². The summed E-state index contributed by atoms with van der Waals surface area (Å²) >= 11 is 0. The van der Waals surface area contributed by atoms with Crippen LogP contribution < -0.4 is 5.32 Å². The fraction of sp³-hybridized carbons (Fsp3) is 0.444. The number of hydrogen-bond acceptors (Lipinski definition) is 2. The Labute approximate surface area is 72.8 Å². The summed E-state index contributed by atoms with van der Waals surface area (Å²) in [6.07, 6.45) is 5.34. The summed E-state index contributed by atoms with van der Waals surface area (Å²) in [6.45, 7) is 1.95. The predicted molar refractivity (Wildman–Crippen MR) is 48.6 cm³/mol. The number of hydrogen-bond donors (Lipinski definition) is 1. The lowest BCUT2D eigenvalue weighted by molar-refractivity contribution is 0.630. The van der Waals surface area contributed by atoms with E-state index in [0.29, 0.717) is 0 Å². The SMILES string of the molecule is C#CC(NC)c1cc(C)nn1C. The van der Waals surface area contributed by atoms with Crippen LogP contribution in [0, 0.1) is 19.3 Å². The van der Waals surface area contributed by atoms with E-state index in [9.17, 15) is 0 Å². The van der Waals surface area contributed by atoms with Crippen LogP contribution in [-0.4, -0.2) is 16.8 Å². The Bertz CT molecular complexity index is 306. The number of aromatic nitrogens is 2. The standard InChI is InChI=1S/C9H13N3/c1-5-8(10-3)9-6-7(2)11-12(9)4/h1,6,8,10H,2-4H3. The molecule has 1 aromatic heterocycles. The molecule has 0 aliphatic rings. The first-order valence-electron chi connectivity index (χ1n) is 3.83. The van der Waals surface area contributed by atoms with Crippen LogP contribution in [0.1, 0.15) is 17.4 Å². The summed E-state index contributed by atoms with van der Waals surface area (Å²) < 4.78 is 1.80. The first-order valence-corrected chi connectivity index (χ1v) is 3.83. The molecule has 0 saturated heterocycles. The molecule has 0 amide bonds. The second kappa shape index (κ2) is 3.42. The number of terminal acetylenes is 1. The number of rotatable bonds is 2. The number of nitrogens with zero attached hydrogens (tertiary/aromatic N) is 2. The molecular weight excluding hydrogens is 150 g/mol. The van der Waals surface area contributed by atoms with Crippen molar-refractivity contribution in [2.24, 2.45) is 7.05 Å². The van der Waals surface area contributed by atoms with Gasteiger partial charge in [0.05, 0.1) is 11.4 Å². The summed E-state index contributed by atoms with van der Waals surface area (Å²) in [5, 5.41) is 7.23. The molecule has 1 heterocycles. The maximum atomic E-state index is 5.34. The molecule has 1 unspecified atom stereocenters. The van der Waals surface area contributed by atoms with E-state index in [1.54, 1.807) is 4.68 Å². The molecule has 1 rings (SSSR count). The minimum atomic E-state index is -0.0452. The van der Waals surface area contributed by atoms with Crippen molar-refractivity contribution in [3.63, 3.8) is 0 Å². The predicted octanol–water partition coefficient (Wildman–Crippen LogP) is 0.622. The van der Waals surface area contributed by atoms with Gasteiger partial charge in [0.2, 0.25) is 0 Å². The van der Waals surface area contributed by atoms with Gasteiger partial charge in [0.25, 0.3) is 0 Å². The zero-order chi connectivity index (χ0) is 9.14. The van der Waals surface area contributed by atoms with Crippen molar-refractivity contribution >= 4 is 0 Å². The summed E-state index contributed by atoms with van der Waals surface area (Å²) in [7, 11) is 3.73. The molecule has 64 valence electrons. The number of nitrogens with one attached hydrogen (secondary N) is 1. The molecule has 0 bridgehead atoms. The maximum absolute atomic E-state index is 5.34. The van der Waals surface area contributed by atoms with Crippen molar-refractivity contribution in [1.82, 2.24) is 15.1 Å². The molecule has 1 atom stereocenters. The molecule has 1 N–H and O–H groups in total.